The van der Waals surface area contributed by atoms with Gasteiger partial charge in [0.25, 0.3) is 0 Å². The number of halogens is 2. The highest BCUT2D eigenvalue weighted by Gasteiger charge is 2.40. The van der Waals surface area contributed by atoms with E-state index >= 15 is 0 Å². The Morgan fingerprint density at radius 1 is 1.00 bits per heavy atom. The van der Waals surface area contributed by atoms with E-state index in [1.54, 1.807) is 0 Å². The maximum Gasteiger partial charge on any atom is 0.231 e. The molecule has 0 fully saturated rings. The van der Waals surface area contributed by atoms with Gasteiger partial charge in [0.05, 0.1) is 16.8 Å². The Bertz CT molecular complexity index is 865. The second kappa shape index (κ2) is 5.33. The molecule has 0 saturated heterocycles. The van der Waals surface area contributed by atoms with E-state index in [2.05, 4.69) is 29.6 Å². The Labute approximate surface area is 150 Å². The van der Waals surface area contributed by atoms with Crippen LogP contribution in [0.2, 0.25) is 10.0 Å². The molecule has 2 aromatic carbocycles. The van der Waals surface area contributed by atoms with Crippen molar-refractivity contribution in [2.75, 3.05) is 12.1 Å². The van der Waals surface area contributed by atoms with E-state index in [9.17, 15) is 0 Å². The number of hydrogen-bond donors (Lipinski definition) is 1. The molecule has 0 spiro atoms. The third kappa shape index (κ3) is 2.04. The second-order valence-electron chi connectivity index (χ2n) is 6.41. The third-order valence-corrected chi connectivity index (χ3v) is 5.82. The largest absolute Gasteiger partial charge is 0.454 e. The Kier molecular flexibility index (Phi) is 3.22. The summed E-state index contributed by atoms with van der Waals surface area (Å²) in [5.41, 5.74) is 3.24. The summed E-state index contributed by atoms with van der Waals surface area (Å²) >= 11 is 12.9. The number of benzene rings is 2. The fourth-order valence-corrected chi connectivity index (χ4v) is 4.57. The van der Waals surface area contributed by atoms with Crippen molar-refractivity contribution < 1.29 is 9.47 Å². The quantitative estimate of drug-likeness (QED) is 0.677. The summed E-state index contributed by atoms with van der Waals surface area (Å²) in [5, 5.41) is 5.11. The molecular formula is C19H15Cl2NO2. The summed E-state index contributed by atoms with van der Waals surface area (Å²) in [4.78, 5) is 0. The highest BCUT2D eigenvalue weighted by molar-refractivity contribution is 6.36. The molecule has 0 aromatic heterocycles. The van der Waals surface area contributed by atoms with Crippen molar-refractivity contribution in [1.82, 2.24) is 0 Å². The molecule has 0 radical (unpaired) electrons. The minimum Gasteiger partial charge on any atom is -0.454 e. The van der Waals surface area contributed by atoms with Crippen LogP contribution in [0.15, 0.2) is 42.5 Å². The number of anilines is 1. The number of rotatable bonds is 1. The second-order valence-corrected chi connectivity index (χ2v) is 7.22. The Balaban J connectivity index is 1.62. The minimum atomic E-state index is 0.156. The van der Waals surface area contributed by atoms with Crippen molar-refractivity contribution in [3.63, 3.8) is 0 Å². The van der Waals surface area contributed by atoms with E-state index in [0.29, 0.717) is 10.9 Å². The van der Waals surface area contributed by atoms with Gasteiger partial charge in [-0.15, -0.1) is 0 Å². The molecule has 0 bridgehead atoms. The summed E-state index contributed by atoms with van der Waals surface area (Å²) in [6.07, 6.45) is 5.51. The van der Waals surface area contributed by atoms with Crippen molar-refractivity contribution in [1.29, 1.82) is 0 Å². The average molecular weight is 360 g/mol. The first-order valence-electron chi connectivity index (χ1n) is 8.03. The molecule has 0 amide bonds. The number of fused-ring (bicyclic) bond motifs is 4. The predicted octanol–water partition coefficient (Wildman–Crippen LogP) is 5.55. The van der Waals surface area contributed by atoms with Crippen molar-refractivity contribution in [2.45, 2.75) is 18.4 Å². The molecule has 5 rings (SSSR count). The van der Waals surface area contributed by atoms with Gasteiger partial charge < -0.3 is 14.8 Å². The van der Waals surface area contributed by atoms with Crippen LogP contribution in [0, 0.1) is 5.92 Å². The maximum atomic E-state index is 6.48. The monoisotopic (exact) mass is 359 g/mol. The fraction of sp³-hybridized carbons (Fsp3) is 0.263. The molecule has 3 atom stereocenters. The number of allylic oxidation sites excluding steroid dienone is 2. The van der Waals surface area contributed by atoms with E-state index in [4.69, 9.17) is 32.7 Å². The van der Waals surface area contributed by atoms with Gasteiger partial charge in [0, 0.05) is 16.5 Å². The smallest absolute Gasteiger partial charge is 0.231 e. The molecule has 1 N–H and O–H groups in total. The predicted molar refractivity (Wildman–Crippen MR) is 95.4 cm³/mol. The average Bonchev–Trinajstić information content (AvgIpc) is 3.25. The van der Waals surface area contributed by atoms with Gasteiger partial charge in [-0.05, 0) is 42.2 Å². The van der Waals surface area contributed by atoms with Crippen LogP contribution >= 0.6 is 23.2 Å². The van der Waals surface area contributed by atoms with Gasteiger partial charge in [-0.25, -0.2) is 0 Å². The van der Waals surface area contributed by atoms with E-state index in [0.717, 1.165) is 34.2 Å². The van der Waals surface area contributed by atoms with E-state index in [1.807, 2.05) is 18.2 Å². The molecule has 2 heterocycles. The Hall–Kier alpha value is -1.84. The van der Waals surface area contributed by atoms with Crippen molar-refractivity contribution in [2.24, 2.45) is 5.92 Å². The van der Waals surface area contributed by atoms with Crippen molar-refractivity contribution in [3.05, 3.63) is 63.7 Å². The molecule has 0 saturated carbocycles. The molecule has 122 valence electrons. The lowest BCUT2D eigenvalue weighted by Crippen LogP contribution is -2.29. The minimum absolute atomic E-state index is 0.156. The van der Waals surface area contributed by atoms with Crippen LogP contribution in [0.25, 0.3) is 0 Å². The van der Waals surface area contributed by atoms with Gasteiger partial charge in [0.2, 0.25) is 6.79 Å². The lowest BCUT2D eigenvalue weighted by molar-refractivity contribution is 0.174. The van der Waals surface area contributed by atoms with E-state index < -0.39 is 0 Å². The van der Waals surface area contributed by atoms with Crippen LogP contribution in [0.3, 0.4) is 0 Å². The van der Waals surface area contributed by atoms with Crippen LogP contribution in [0.4, 0.5) is 5.69 Å². The Morgan fingerprint density at radius 2 is 1.83 bits per heavy atom. The van der Waals surface area contributed by atoms with Gasteiger partial charge >= 0.3 is 0 Å². The molecule has 0 unspecified atom stereocenters. The van der Waals surface area contributed by atoms with Gasteiger partial charge in [-0.1, -0.05) is 41.4 Å². The summed E-state index contributed by atoms with van der Waals surface area (Å²) < 4.78 is 11.0. The van der Waals surface area contributed by atoms with Gasteiger partial charge in [0.1, 0.15) is 0 Å². The molecule has 1 aliphatic carbocycles. The molecule has 2 aliphatic heterocycles. The van der Waals surface area contributed by atoms with Crippen LogP contribution < -0.4 is 14.8 Å². The Morgan fingerprint density at radius 3 is 2.75 bits per heavy atom. The first-order valence-corrected chi connectivity index (χ1v) is 8.78. The third-order valence-electron chi connectivity index (χ3n) is 5.17. The number of ether oxygens (including phenoxy) is 2. The summed E-state index contributed by atoms with van der Waals surface area (Å²) in [6.45, 7) is 0.286. The first kappa shape index (κ1) is 14.5. The van der Waals surface area contributed by atoms with Crippen molar-refractivity contribution >= 4 is 28.9 Å². The fourth-order valence-electron chi connectivity index (χ4n) is 4.07. The summed E-state index contributed by atoms with van der Waals surface area (Å²) in [6, 6.07) is 10.0. The molecule has 3 nitrogen and oxygen atoms in total. The maximum absolute atomic E-state index is 6.48. The van der Waals surface area contributed by atoms with Gasteiger partial charge in [0.15, 0.2) is 11.5 Å². The summed E-state index contributed by atoms with van der Waals surface area (Å²) in [7, 11) is 0. The van der Waals surface area contributed by atoms with Gasteiger partial charge in [-0.2, -0.15) is 0 Å². The standard InChI is InChI=1S/C19H15Cl2NO2/c20-13-5-6-14(21)19-17(13)11-2-1-3-12(11)18(22-19)10-4-7-15-16(8-10)24-9-23-15/h1-2,4-8,11-12,18,22H,3,9H2/t11-,12+,18+/m1/s1. The van der Waals surface area contributed by atoms with Crippen LogP contribution in [-0.2, 0) is 0 Å². The summed E-state index contributed by atoms with van der Waals surface area (Å²) in [5.74, 6) is 2.30. The van der Waals surface area contributed by atoms with Crippen LogP contribution in [0.1, 0.15) is 29.5 Å². The molecule has 3 aliphatic rings. The molecule has 24 heavy (non-hydrogen) atoms. The highest BCUT2D eigenvalue weighted by atomic mass is 35.5. The zero-order valence-electron chi connectivity index (χ0n) is 12.8. The SMILES string of the molecule is Clc1ccc(Cl)c2c1N[C@@H](c1ccc3c(c1)OCO3)[C@H]1CC=C[C@@H]21. The van der Waals surface area contributed by atoms with E-state index in [1.165, 1.54) is 5.56 Å². The zero-order chi connectivity index (χ0) is 16.3. The lowest BCUT2D eigenvalue weighted by atomic mass is 9.77. The van der Waals surface area contributed by atoms with E-state index in [-0.39, 0.29) is 18.8 Å². The van der Waals surface area contributed by atoms with Crippen LogP contribution in [0.5, 0.6) is 11.5 Å². The number of nitrogens with one attached hydrogen (secondary N) is 1. The molecule has 5 heteroatoms. The highest BCUT2D eigenvalue weighted by Crippen LogP contribution is 2.54. The number of hydrogen-bond acceptors (Lipinski definition) is 3. The zero-order valence-corrected chi connectivity index (χ0v) is 14.3. The lowest BCUT2D eigenvalue weighted by Gasteiger charge is -2.38. The van der Waals surface area contributed by atoms with Crippen LogP contribution in [-0.4, -0.2) is 6.79 Å². The van der Waals surface area contributed by atoms with Gasteiger partial charge in [-0.3, -0.25) is 0 Å². The molecule has 2 aromatic rings. The first-order chi connectivity index (χ1) is 11.7. The van der Waals surface area contributed by atoms with Crippen molar-refractivity contribution in [3.8, 4) is 11.5 Å². The molecular weight excluding hydrogens is 345 g/mol. The normalized spacial score (nSPS) is 26.0. The topological polar surface area (TPSA) is 30.5 Å².